The fourth-order valence-electron chi connectivity index (χ4n) is 3.50. The summed E-state index contributed by atoms with van der Waals surface area (Å²) in [6, 6.07) is 6.85. The van der Waals surface area contributed by atoms with E-state index in [0.29, 0.717) is 5.54 Å². The molecule has 1 saturated carbocycles. The maximum atomic E-state index is 5.89. The van der Waals surface area contributed by atoms with Gasteiger partial charge in [-0.3, -0.25) is 4.90 Å². The van der Waals surface area contributed by atoms with Gasteiger partial charge in [-0.25, -0.2) is 0 Å². The van der Waals surface area contributed by atoms with E-state index < -0.39 is 0 Å². The molecule has 20 heavy (non-hydrogen) atoms. The third-order valence-corrected chi connectivity index (χ3v) is 5.18. The lowest BCUT2D eigenvalue weighted by atomic mass is 9.87. The molecule has 1 saturated heterocycles. The van der Waals surface area contributed by atoms with Gasteiger partial charge in [0.1, 0.15) is 0 Å². The second-order valence-electron chi connectivity index (χ2n) is 6.70. The minimum atomic E-state index is 0.399. The first-order valence-corrected chi connectivity index (χ1v) is 7.90. The number of nitrogens with zero attached hydrogens (tertiary/aromatic N) is 1. The summed E-state index contributed by atoms with van der Waals surface area (Å²) in [5.41, 5.74) is 10.6. The van der Waals surface area contributed by atoms with Crippen molar-refractivity contribution in [3.05, 3.63) is 34.9 Å². The zero-order valence-electron chi connectivity index (χ0n) is 12.6. The lowest BCUT2D eigenvalue weighted by Crippen LogP contribution is -2.56. The molecule has 1 aliphatic heterocycles. The van der Waals surface area contributed by atoms with Gasteiger partial charge in [0.05, 0.1) is 7.85 Å². The number of likely N-dealkylation sites (tertiary alicyclic amines) is 1. The van der Waals surface area contributed by atoms with E-state index in [1.54, 1.807) is 0 Å². The molecule has 106 valence electrons. The lowest BCUT2D eigenvalue weighted by Gasteiger charge is -2.45. The molecule has 0 unspecified atom stereocenters. The first-order chi connectivity index (χ1) is 9.66. The van der Waals surface area contributed by atoms with Crippen LogP contribution in [0.4, 0.5) is 0 Å². The van der Waals surface area contributed by atoms with Gasteiger partial charge in [0.15, 0.2) is 0 Å². The van der Waals surface area contributed by atoms with Gasteiger partial charge in [-0.1, -0.05) is 24.5 Å². The van der Waals surface area contributed by atoms with Crippen molar-refractivity contribution in [1.82, 2.24) is 4.90 Å². The summed E-state index contributed by atoms with van der Waals surface area (Å²) in [6.45, 7) is 5.54. The molecular weight excluding hydrogens is 243 g/mol. The van der Waals surface area contributed by atoms with Gasteiger partial charge in [-0.2, -0.15) is 0 Å². The van der Waals surface area contributed by atoms with Crippen molar-refractivity contribution in [3.63, 3.8) is 0 Å². The molecule has 3 rings (SSSR count). The number of aryl methyl sites for hydroxylation is 2. The van der Waals surface area contributed by atoms with Crippen molar-refractivity contribution in [2.45, 2.75) is 44.5 Å². The highest BCUT2D eigenvalue weighted by atomic mass is 15.3. The molecule has 1 aromatic carbocycles. The second-order valence-corrected chi connectivity index (χ2v) is 6.70. The molecule has 2 nitrogen and oxygen atoms in total. The number of hydrogen-bond acceptors (Lipinski definition) is 2. The smallest absolute Gasteiger partial charge is 0.0657 e. The summed E-state index contributed by atoms with van der Waals surface area (Å²) in [7, 11) is 5.62. The highest BCUT2D eigenvalue weighted by Crippen LogP contribution is 2.44. The topological polar surface area (TPSA) is 29.3 Å². The largest absolute Gasteiger partial charge is 0.329 e. The van der Waals surface area contributed by atoms with Gasteiger partial charge in [-0.05, 0) is 55.2 Å². The number of benzene rings is 1. The average molecular weight is 268 g/mol. The molecule has 1 aromatic rings. The van der Waals surface area contributed by atoms with E-state index in [0.717, 1.165) is 25.2 Å². The van der Waals surface area contributed by atoms with Gasteiger partial charge >= 0.3 is 0 Å². The molecular formula is C17H25BN2. The van der Waals surface area contributed by atoms with Crippen LogP contribution in [0.25, 0.3) is 0 Å². The summed E-state index contributed by atoms with van der Waals surface area (Å²) in [5.74, 6) is 0.818. The number of hydrogen-bond donors (Lipinski definition) is 1. The normalized spacial score (nSPS) is 21.7. The molecule has 0 aromatic heterocycles. The second kappa shape index (κ2) is 5.53. The first-order valence-electron chi connectivity index (χ1n) is 7.90. The van der Waals surface area contributed by atoms with Crippen LogP contribution >= 0.6 is 0 Å². The molecule has 1 heterocycles. The van der Waals surface area contributed by atoms with Crippen molar-refractivity contribution in [2.75, 3.05) is 19.6 Å². The molecule has 0 bridgehead atoms. The van der Waals surface area contributed by atoms with Crippen LogP contribution in [0.15, 0.2) is 18.2 Å². The zero-order chi connectivity index (χ0) is 14.2. The molecule has 2 radical (unpaired) electrons. The van der Waals surface area contributed by atoms with Crippen LogP contribution in [-0.2, 0) is 12.8 Å². The number of nitrogens with two attached hydrogens (primary N) is 1. The Morgan fingerprint density at radius 2 is 2.10 bits per heavy atom. The molecule has 1 aliphatic carbocycles. The van der Waals surface area contributed by atoms with Crippen LogP contribution in [0.3, 0.4) is 0 Å². The standard InChI is InChI=1S/C17H25BN2/c1-13-8-14(4-7-18)2-3-16(13)9-15-10-20(11-15)17(12-19)5-6-17/h2-3,8,15H,4-7,9-12,19H2,1H3. The summed E-state index contributed by atoms with van der Waals surface area (Å²) >= 11 is 0. The van der Waals surface area contributed by atoms with Crippen molar-refractivity contribution < 1.29 is 0 Å². The van der Waals surface area contributed by atoms with Gasteiger partial charge in [0.25, 0.3) is 0 Å². The van der Waals surface area contributed by atoms with Crippen molar-refractivity contribution in [1.29, 1.82) is 0 Å². The summed E-state index contributed by atoms with van der Waals surface area (Å²) in [6.07, 6.45) is 5.55. The monoisotopic (exact) mass is 268 g/mol. The average Bonchev–Trinajstić information content (AvgIpc) is 3.16. The maximum absolute atomic E-state index is 5.89. The molecule has 2 aliphatic rings. The Morgan fingerprint density at radius 1 is 1.35 bits per heavy atom. The lowest BCUT2D eigenvalue weighted by molar-refractivity contribution is 0.0429. The SMILES string of the molecule is [B]CCc1ccc(CC2CN(C3(CN)CC3)C2)c(C)c1. The number of rotatable bonds is 6. The van der Waals surface area contributed by atoms with Crippen LogP contribution < -0.4 is 5.73 Å². The van der Waals surface area contributed by atoms with Crippen molar-refractivity contribution >= 4 is 7.85 Å². The minimum Gasteiger partial charge on any atom is -0.329 e. The summed E-state index contributed by atoms with van der Waals surface area (Å²) in [4.78, 5) is 2.61. The van der Waals surface area contributed by atoms with Gasteiger partial charge in [0.2, 0.25) is 0 Å². The Labute approximate surface area is 124 Å². The minimum absolute atomic E-state index is 0.399. The van der Waals surface area contributed by atoms with Gasteiger partial charge < -0.3 is 5.73 Å². The van der Waals surface area contributed by atoms with Crippen LogP contribution in [0.2, 0.25) is 6.32 Å². The quantitative estimate of drug-likeness (QED) is 0.800. The van der Waals surface area contributed by atoms with Crippen LogP contribution in [0, 0.1) is 12.8 Å². The summed E-state index contributed by atoms with van der Waals surface area (Å²) < 4.78 is 0. The highest BCUT2D eigenvalue weighted by Gasteiger charge is 2.50. The van der Waals surface area contributed by atoms with E-state index >= 15 is 0 Å². The van der Waals surface area contributed by atoms with E-state index in [9.17, 15) is 0 Å². The van der Waals surface area contributed by atoms with E-state index in [-0.39, 0.29) is 0 Å². The predicted molar refractivity (Wildman–Crippen MR) is 85.2 cm³/mol. The van der Waals surface area contributed by atoms with Gasteiger partial charge in [0, 0.05) is 25.2 Å². The Bertz CT molecular complexity index is 476. The zero-order valence-corrected chi connectivity index (χ0v) is 12.6. The van der Waals surface area contributed by atoms with E-state index in [1.807, 2.05) is 0 Å². The van der Waals surface area contributed by atoms with Crippen LogP contribution in [-0.4, -0.2) is 37.9 Å². The third-order valence-electron chi connectivity index (χ3n) is 5.18. The molecule has 0 spiro atoms. The Morgan fingerprint density at radius 3 is 2.65 bits per heavy atom. The highest BCUT2D eigenvalue weighted by molar-refractivity contribution is 6.08. The predicted octanol–water partition coefficient (Wildman–Crippen LogP) is 2.09. The molecule has 2 fully saturated rings. The first kappa shape index (κ1) is 14.2. The Balaban J connectivity index is 1.55. The fraction of sp³-hybridized carbons (Fsp3) is 0.647. The Kier molecular flexibility index (Phi) is 3.92. The maximum Gasteiger partial charge on any atom is 0.0657 e. The van der Waals surface area contributed by atoms with Crippen LogP contribution in [0.5, 0.6) is 0 Å². The van der Waals surface area contributed by atoms with Crippen molar-refractivity contribution in [2.24, 2.45) is 11.7 Å². The molecule has 3 heteroatoms. The Hall–Kier alpha value is -0.795. The van der Waals surface area contributed by atoms with Crippen molar-refractivity contribution in [3.8, 4) is 0 Å². The van der Waals surface area contributed by atoms with E-state index in [4.69, 9.17) is 13.6 Å². The fourth-order valence-corrected chi connectivity index (χ4v) is 3.50. The molecule has 0 amide bonds. The molecule has 2 N–H and O–H groups in total. The van der Waals surface area contributed by atoms with E-state index in [2.05, 4.69) is 30.0 Å². The van der Waals surface area contributed by atoms with Crippen LogP contribution in [0.1, 0.15) is 29.5 Å². The third kappa shape index (κ3) is 2.66. The van der Waals surface area contributed by atoms with E-state index in [1.165, 1.54) is 49.0 Å². The van der Waals surface area contributed by atoms with Gasteiger partial charge in [-0.15, -0.1) is 0 Å². The molecule has 0 atom stereocenters. The summed E-state index contributed by atoms with van der Waals surface area (Å²) in [5, 5.41) is 0.